The number of methoxy groups -OCH3 is 1. The molecule has 0 saturated heterocycles. The molecule has 0 aliphatic carbocycles. The number of rotatable bonds is 5. The number of aryl methyl sites for hydroxylation is 1. The van der Waals surface area contributed by atoms with E-state index < -0.39 is 0 Å². The molecule has 2 aromatic heterocycles. The van der Waals surface area contributed by atoms with E-state index in [4.69, 9.17) is 9.47 Å². The Labute approximate surface area is 127 Å². The topological polar surface area (TPSA) is 96.1 Å². The quantitative estimate of drug-likeness (QED) is 0.788. The van der Waals surface area contributed by atoms with Gasteiger partial charge in [0.25, 0.3) is 0 Å². The van der Waals surface area contributed by atoms with Crippen LogP contribution in [0.3, 0.4) is 0 Å². The molecule has 9 heteroatoms. The zero-order valence-corrected chi connectivity index (χ0v) is 12.5. The number of carbonyl (C=O) groups excluding carboxylic acids is 1. The van der Waals surface area contributed by atoms with Crippen LogP contribution < -0.4 is 5.32 Å². The number of carbonyl (C=O) groups is 1. The van der Waals surface area contributed by atoms with Gasteiger partial charge in [-0.2, -0.15) is 5.10 Å². The molecule has 0 bridgehead atoms. The summed E-state index contributed by atoms with van der Waals surface area (Å²) in [7, 11) is 3.34. The second-order valence-electron chi connectivity index (χ2n) is 5.14. The molecule has 1 N–H and O–H groups in total. The number of fused-ring (bicyclic) bond motifs is 1. The standard InChI is InChI=1S/C13H18N6O3/c1-18-5-9(3-15-18)13-11-7-22-10(6-19(11)17-16-13)4-14-12(20)8-21-2/h3,5,10H,4,6-8H2,1-2H3,(H,14,20). The van der Waals surface area contributed by atoms with E-state index in [1.165, 1.54) is 7.11 Å². The summed E-state index contributed by atoms with van der Waals surface area (Å²) in [6, 6.07) is 0. The number of amides is 1. The maximum absolute atomic E-state index is 11.4. The van der Waals surface area contributed by atoms with E-state index >= 15 is 0 Å². The molecule has 0 aromatic carbocycles. The van der Waals surface area contributed by atoms with Crippen molar-refractivity contribution in [3.05, 3.63) is 18.1 Å². The van der Waals surface area contributed by atoms with Gasteiger partial charge in [-0.15, -0.1) is 5.10 Å². The number of aromatic nitrogens is 5. The van der Waals surface area contributed by atoms with E-state index in [9.17, 15) is 4.79 Å². The lowest BCUT2D eigenvalue weighted by atomic mass is 10.2. The molecule has 1 aliphatic heterocycles. The maximum atomic E-state index is 11.4. The summed E-state index contributed by atoms with van der Waals surface area (Å²) in [5.74, 6) is -0.161. The van der Waals surface area contributed by atoms with Crippen LogP contribution in [0.4, 0.5) is 0 Å². The second-order valence-corrected chi connectivity index (χ2v) is 5.14. The number of nitrogens with zero attached hydrogens (tertiary/aromatic N) is 5. The predicted molar refractivity (Wildman–Crippen MR) is 75.7 cm³/mol. The highest BCUT2D eigenvalue weighted by atomic mass is 16.5. The fourth-order valence-electron chi connectivity index (χ4n) is 2.37. The monoisotopic (exact) mass is 306 g/mol. The summed E-state index contributed by atoms with van der Waals surface area (Å²) in [6.07, 6.45) is 3.51. The minimum Gasteiger partial charge on any atom is -0.375 e. The molecular formula is C13H18N6O3. The molecule has 22 heavy (non-hydrogen) atoms. The molecule has 118 valence electrons. The van der Waals surface area contributed by atoms with Crippen molar-refractivity contribution in [1.82, 2.24) is 30.1 Å². The van der Waals surface area contributed by atoms with Crippen LogP contribution in [0.15, 0.2) is 12.4 Å². The van der Waals surface area contributed by atoms with Crippen molar-refractivity contribution >= 4 is 5.91 Å². The van der Waals surface area contributed by atoms with E-state index in [-0.39, 0.29) is 18.6 Å². The first-order valence-corrected chi connectivity index (χ1v) is 6.96. The largest absolute Gasteiger partial charge is 0.375 e. The molecule has 1 unspecified atom stereocenters. The summed E-state index contributed by atoms with van der Waals surface area (Å²) in [6.45, 7) is 1.42. The van der Waals surface area contributed by atoms with Gasteiger partial charge in [0, 0.05) is 32.5 Å². The molecule has 1 aliphatic rings. The molecule has 2 aromatic rings. The van der Waals surface area contributed by atoms with E-state index in [1.807, 2.05) is 17.9 Å². The van der Waals surface area contributed by atoms with Crippen molar-refractivity contribution < 1.29 is 14.3 Å². The fourth-order valence-corrected chi connectivity index (χ4v) is 2.37. The maximum Gasteiger partial charge on any atom is 0.246 e. The molecule has 9 nitrogen and oxygen atoms in total. The lowest BCUT2D eigenvalue weighted by Gasteiger charge is -2.24. The van der Waals surface area contributed by atoms with E-state index in [0.717, 1.165) is 17.0 Å². The summed E-state index contributed by atoms with van der Waals surface area (Å²) < 4.78 is 14.1. The average Bonchev–Trinajstić information content (AvgIpc) is 3.11. The third-order valence-electron chi connectivity index (χ3n) is 3.45. The molecule has 0 spiro atoms. The van der Waals surface area contributed by atoms with Gasteiger partial charge in [0.05, 0.1) is 31.1 Å². The zero-order chi connectivity index (χ0) is 15.5. The molecule has 0 saturated carbocycles. The van der Waals surface area contributed by atoms with Crippen molar-refractivity contribution in [2.75, 3.05) is 20.3 Å². The van der Waals surface area contributed by atoms with Crippen LogP contribution in [0.5, 0.6) is 0 Å². The van der Waals surface area contributed by atoms with Gasteiger partial charge < -0.3 is 14.8 Å². The van der Waals surface area contributed by atoms with Crippen molar-refractivity contribution in [1.29, 1.82) is 0 Å². The van der Waals surface area contributed by atoms with Gasteiger partial charge in [0.15, 0.2) is 0 Å². The van der Waals surface area contributed by atoms with Gasteiger partial charge >= 0.3 is 0 Å². The first-order chi connectivity index (χ1) is 10.7. The molecule has 3 rings (SSSR count). The summed E-state index contributed by atoms with van der Waals surface area (Å²) >= 11 is 0. The van der Waals surface area contributed by atoms with Crippen LogP contribution >= 0.6 is 0 Å². The van der Waals surface area contributed by atoms with Gasteiger partial charge in [-0.25, -0.2) is 4.68 Å². The number of nitrogens with one attached hydrogen (secondary N) is 1. The van der Waals surface area contributed by atoms with Crippen molar-refractivity contribution in [2.24, 2.45) is 7.05 Å². The second kappa shape index (κ2) is 6.24. The van der Waals surface area contributed by atoms with Crippen LogP contribution in [-0.4, -0.2) is 57.0 Å². The molecule has 0 radical (unpaired) electrons. The van der Waals surface area contributed by atoms with Gasteiger partial charge in [0.1, 0.15) is 12.3 Å². The highest BCUT2D eigenvalue weighted by molar-refractivity contribution is 5.77. The smallest absolute Gasteiger partial charge is 0.246 e. The highest BCUT2D eigenvalue weighted by Gasteiger charge is 2.25. The van der Waals surface area contributed by atoms with Gasteiger partial charge in [-0.1, -0.05) is 5.21 Å². The van der Waals surface area contributed by atoms with Crippen molar-refractivity contribution in [3.8, 4) is 11.3 Å². The van der Waals surface area contributed by atoms with Crippen LogP contribution in [0, 0.1) is 0 Å². The molecule has 3 heterocycles. The molecule has 0 fully saturated rings. The Morgan fingerprint density at radius 3 is 3.18 bits per heavy atom. The van der Waals surface area contributed by atoms with Crippen LogP contribution in [-0.2, 0) is 34.5 Å². The number of hydrogen-bond donors (Lipinski definition) is 1. The lowest BCUT2D eigenvalue weighted by Crippen LogP contribution is -2.40. The first-order valence-electron chi connectivity index (χ1n) is 6.96. The third kappa shape index (κ3) is 3.00. The summed E-state index contributed by atoms with van der Waals surface area (Å²) in [4.78, 5) is 11.4. The molecule has 1 atom stereocenters. The summed E-state index contributed by atoms with van der Waals surface area (Å²) in [5, 5.41) is 15.3. The normalized spacial score (nSPS) is 17.3. The Bertz CT molecular complexity index is 665. The SMILES string of the molecule is COCC(=O)NCC1Cn2nnc(-c3cnn(C)c3)c2CO1. The van der Waals surface area contributed by atoms with Crippen LogP contribution in [0.1, 0.15) is 5.69 Å². The fraction of sp³-hybridized carbons (Fsp3) is 0.538. The van der Waals surface area contributed by atoms with Gasteiger partial charge in [0.2, 0.25) is 5.91 Å². The van der Waals surface area contributed by atoms with E-state index in [2.05, 4.69) is 20.7 Å². The van der Waals surface area contributed by atoms with Crippen LogP contribution in [0.2, 0.25) is 0 Å². The third-order valence-corrected chi connectivity index (χ3v) is 3.45. The Kier molecular flexibility index (Phi) is 4.16. The van der Waals surface area contributed by atoms with E-state index in [0.29, 0.717) is 19.7 Å². The zero-order valence-electron chi connectivity index (χ0n) is 12.5. The van der Waals surface area contributed by atoms with E-state index in [1.54, 1.807) is 10.9 Å². The van der Waals surface area contributed by atoms with Gasteiger partial charge in [-0.05, 0) is 0 Å². The minimum atomic E-state index is -0.161. The first kappa shape index (κ1) is 14.7. The van der Waals surface area contributed by atoms with Gasteiger partial charge in [-0.3, -0.25) is 9.48 Å². The Hall–Kier alpha value is -2.26. The number of ether oxygens (including phenoxy) is 2. The Morgan fingerprint density at radius 1 is 1.59 bits per heavy atom. The van der Waals surface area contributed by atoms with Crippen molar-refractivity contribution in [3.63, 3.8) is 0 Å². The van der Waals surface area contributed by atoms with Crippen LogP contribution in [0.25, 0.3) is 11.3 Å². The molecule has 1 amide bonds. The minimum absolute atomic E-state index is 0.0481. The lowest BCUT2D eigenvalue weighted by molar-refractivity contribution is -0.125. The predicted octanol–water partition coefficient (Wildman–Crippen LogP) is -0.660. The molecular weight excluding hydrogens is 288 g/mol. The highest BCUT2D eigenvalue weighted by Crippen LogP contribution is 2.24. The number of hydrogen-bond acceptors (Lipinski definition) is 6. The summed E-state index contributed by atoms with van der Waals surface area (Å²) in [5.41, 5.74) is 2.63. The Balaban J connectivity index is 1.65. The van der Waals surface area contributed by atoms with Crippen molar-refractivity contribution in [2.45, 2.75) is 19.3 Å². The average molecular weight is 306 g/mol. The Morgan fingerprint density at radius 2 is 2.45 bits per heavy atom.